The minimum atomic E-state index is -4.03. The average molecular weight is 382 g/mol. The van der Waals surface area contributed by atoms with Crippen LogP contribution in [0.15, 0.2) is 14.5 Å². The molecule has 11 heteroatoms. The van der Waals surface area contributed by atoms with Crippen LogP contribution in [0, 0.1) is 0 Å². The van der Waals surface area contributed by atoms with Crippen molar-refractivity contribution in [3.63, 3.8) is 0 Å². The molecule has 8 nitrogen and oxygen atoms in total. The highest BCUT2D eigenvalue weighted by molar-refractivity contribution is 7.95. The summed E-state index contributed by atoms with van der Waals surface area (Å²) in [6.07, 6.45) is -0.433. The minimum Gasteiger partial charge on any atom is -0.453 e. The van der Waals surface area contributed by atoms with Crippen LogP contribution in [0.4, 0.5) is 4.79 Å². The van der Waals surface area contributed by atoms with Crippen molar-refractivity contribution in [1.82, 2.24) is 4.90 Å². The highest BCUT2D eigenvalue weighted by Crippen LogP contribution is 2.45. The van der Waals surface area contributed by atoms with Gasteiger partial charge in [-0.05, 0) is 26.3 Å². The molecule has 1 amide bonds. The maximum absolute atomic E-state index is 12.5. The molecule has 0 unspecified atom stereocenters. The van der Waals surface area contributed by atoms with Crippen molar-refractivity contribution < 1.29 is 26.4 Å². The van der Waals surface area contributed by atoms with Crippen molar-refractivity contribution >= 4 is 37.3 Å². The molecule has 2 N–H and O–H groups in total. The van der Waals surface area contributed by atoms with Crippen molar-refractivity contribution in [1.29, 1.82) is 0 Å². The normalized spacial score (nSPS) is 23.1. The number of carbonyl (C=O) groups excluding carboxylic acids is 1. The molecule has 0 saturated carbocycles. The van der Waals surface area contributed by atoms with E-state index in [2.05, 4.69) is 0 Å². The maximum Gasteiger partial charge on any atom is 0.409 e. The second-order valence-corrected chi connectivity index (χ2v) is 10.6. The van der Waals surface area contributed by atoms with E-state index in [1.54, 1.807) is 6.92 Å². The summed E-state index contributed by atoms with van der Waals surface area (Å²) in [7, 11) is -6.44. The number of amides is 1. The van der Waals surface area contributed by atoms with Crippen LogP contribution in [-0.4, -0.2) is 46.7 Å². The smallest absolute Gasteiger partial charge is 0.409 e. The Kier molecular flexibility index (Phi) is 4.77. The molecule has 2 atom stereocenters. The van der Waals surface area contributed by atoms with E-state index >= 15 is 0 Å². The number of rotatable bonds is 3. The van der Waals surface area contributed by atoms with Crippen molar-refractivity contribution in [2.75, 3.05) is 13.7 Å². The van der Waals surface area contributed by atoms with E-state index in [-0.39, 0.29) is 20.4 Å². The van der Waals surface area contributed by atoms with E-state index in [1.165, 1.54) is 25.0 Å². The van der Waals surface area contributed by atoms with E-state index in [0.717, 1.165) is 0 Å². The minimum absolute atomic E-state index is 0.0485. The molecule has 0 bridgehead atoms. The molecule has 1 aliphatic heterocycles. The van der Waals surface area contributed by atoms with Crippen LogP contribution >= 0.6 is 11.3 Å². The number of methoxy groups -OCH3 is 1. The van der Waals surface area contributed by atoms with Gasteiger partial charge in [-0.3, -0.25) is 0 Å². The van der Waals surface area contributed by atoms with Crippen LogP contribution in [0.5, 0.6) is 0 Å². The average Bonchev–Trinajstić information content (AvgIpc) is 2.91. The lowest BCUT2D eigenvalue weighted by Gasteiger charge is -2.34. The summed E-state index contributed by atoms with van der Waals surface area (Å²) in [6.45, 7) is 3.56. The van der Waals surface area contributed by atoms with Gasteiger partial charge in [0, 0.05) is 12.1 Å². The van der Waals surface area contributed by atoms with Crippen LogP contribution in [0.3, 0.4) is 0 Å². The van der Waals surface area contributed by atoms with Gasteiger partial charge in [0.1, 0.15) is 8.42 Å². The van der Waals surface area contributed by atoms with E-state index < -0.39 is 37.2 Å². The summed E-state index contributed by atoms with van der Waals surface area (Å²) in [6, 6.07) is 0.669. The second kappa shape index (κ2) is 6.04. The Morgan fingerprint density at radius 1 is 1.52 bits per heavy atom. The first-order valence-electron chi connectivity index (χ1n) is 6.79. The van der Waals surface area contributed by atoms with Gasteiger partial charge in [0.05, 0.1) is 18.4 Å². The van der Waals surface area contributed by atoms with Gasteiger partial charge < -0.3 is 9.64 Å². The number of ether oxygens (including phenoxy) is 1. The molecule has 0 saturated heterocycles. The first-order chi connectivity index (χ1) is 10.5. The zero-order valence-electron chi connectivity index (χ0n) is 12.8. The number of hydrogen-bond donors (Lipinski definition) is 1. The zero-order chi connectivity index (χ0) is 17.6. The number of nitrogens with zero attached hydrogens (tertiary/aromatic N) is 1. The van der Waals surface area contributed by atoms with Crippen LogP contribution in [0.25, 0.3) is 0 Å². The van der Waals surface area contributed by atoms with Gasteiger partial charge >= 0.3 is 6.09 Å². The number of sulfone groups is 1. The number of thiophene rings is 1. The summed E-state index contributed by atoms with van der Waals surface area (Å²) >= 11 is 0.624. The quantitative estimate of drug-likeness (QED) is 0.834. The lowest BCUT2D eigenvalue weighted by Crippen LogP contribution is -2.40. The number of nitrogens with two attached hydrogens (primary N) is 1. The fraction of sp³-hybridized carbons (Fsp3) is 0.583. The molecule has 0 fully saturated rings. The molecule has 0 spiro atoms. The molecule has 2 heterocycles. The van der Waals surface area contributed by atoms with Crippen molar-refractivity contribution in [2.24, 2.45) is 5.14 Å². The van der Waals surface area contributed by atoms with Gasteiger partial charge in [-0.1, -0.05) is 0 Å². The Morgan fingerprint density at radius 2 is 2.13 bits per heavy atom. The van der Waals surface area contributed by atoms with Gasteiger partial charge in [-0.15, -0.1) is 11.3 Å². The van der Waals surface area contributed by atoms with Gasteiger partial charge in [0.2, 0.25) is 10.0 Å². The summed E-state index contributed by atoms with van der Waals surface area (Å²) in [5.74, 6) is 0. The van der Waals surface area contributed by atoms with Gasteiger partial charge in [0.25, 0.3) is 0 Å². The third kappa shape index (κ3) is 3.10. The maximum atomic E-state index is 12.5. The van der Waals surface area contributed by atoms with Crippen LogP contribution in [0.2, 0.25) is 0 Å². The topological polar surface area (TPSA) is 124 Å². The predicted octanol–water partition coefficient (Wildman–Crippen LogP) is 1.09. The number of sulfonamides is 1. The molecular formula is C12H18N2O6S3. The van der Waals surface area contributed by atoms with Gasteiger partial charge in [-0.2, -0.15) is 0 Å². The number of fused-ring (bicyclic) bond motifs is 1. The molecule has 130 valence electrons. The fourth-order valence-electron chi connectivity index (χ4n) is 2.60. The lowest BCUT2D eigenvalue weighted by atomic mass is 10.0. The molecular weight excluding hydrogens is 364 g/mol. The number of hydrogen-bond acceptors (Lipinski definition) is 7. The standard InChI is InChI=1S/C12H18N2O6S3/c1-4-14(12(15)20-3)9-5-7(2)22(16,17)11-8(9)6-10(21-11)23(13,18)19/h6-7,9H,4-5H2,1-3H3,(H2,13,18,19)/t7-,9-/m0/s1. The van der Waals surface area contributed by atoms with Crippen LogP contribution in [0.1, 0.15) is 31.9 Å². The van der Waals surface area contributed by atoms with Crippen molar-refractivity contribution in [3.05, 3.63) is 11.6 Å². The largest absolute Gasteiger partial charge is 0.453 e. The Labute approximate surface area is 139 Å². The molecule has 1 aromatic rings. The van der Waals surface area contributed by atoms with E-state index in [0.29, 0.717) is 17.9 Å². The van der Waals surface area contributed by atoms with E-state index in [1.807, 2.05) is 0 Å². The molecule has 0 radical (unpaired) electrons. The molecule has 1 aliphatic rings. The lowest BCUT2D eigenvalue weighted by molar-refractivity contribution is 0.104. The van der Waals surface area contributed by atoms with Crippen LogP contribution < -0.4 is 5.14 Å². The highest BCUT2D eigenvalue weighted by Gasteiger charge is 2.42. The highest BCUT2D eigenvalue weighted by atomic mass is 32.3. The van der Waals surface area contributed by atoms with Gasteiger partial charge in [0.15, 0.2) is 9.84 Å². The third-order valence-corrected chi connectivity index (χ3v) is 9.13. The summed E-state index contributed by atoms with van der Waals surface area (Å²) in [5.41, 5.74) is 0.282. The Morgan fingerprint density at radius 3 is 2.61 bits per heavy atom. The molecule has 2 rings (SSSR count). The van der Waals surface area contributed by atoms with Gasteiger partial charge in [-0.25, -0.2) is 26.8 Å². The van der Waals surface area contributed by atoms with Crippen molar-refractivity contribution in [2.45, 2.75) is 40.0 Å². The third-order valence-electron chi connectivity index (χ3n) is 3.81. The predicted molar refractivity (Wildman–Crippen MR) is 84.5 cm³/mol. The second-order valence-electron chi connectivity index (χ2n) is 5.22. The molecule has 0 aliphatic carbocycles. The Hall–Kier alpha value is -1.17. The van der Waals surface area contributed by atoms with E-state index in [9.17, 15) is 21.6 Å². The fourth-order valence-corrected chi connectivity index (χ4v) is 7.00. The molecule has 1 aromatic heterocycles. The SMILES string of the molecule is CCN(C(=O)OC)[C@H]1C[C@H](C)S(=O)(=O)c2sc(S(N)(=O)=O)cc21. The first-order valence-corrected chi connectivity index (χ1v) is 10.7. The zero-order valence-corrected chi connectivity index (χ0v) is 15.3. The van der Waals surface area contributed by atoms with E-state index in [4.69, 9.17) is 9.88 Å². The first kappa shape index (κ1) is 18.2. The van der Waals surface area contributed by atoms with Crippen molar-refractivity contribution in [3.8, 4) is 0 Å². The Bertz CT molecular complexity index is 827. The Balaban J connectivity index is 2.67. The summed E-state index contributed by atoms with van der Waals surface area (Å²) in [5, 5.41) is 4.37. The summed E-state index contributed by atoms with van der Waals surface area (Å²) in [4.78, 5) is 13.3. The summed E-state index contributed by atoms with van der Waals surface area (Å²) < 4.78 is 52.5. The monoisotopic (exact) mass is 382 g/mol. The molecule has 23 heavy (non-hydrogen) atoms. The van der Waals surface area contributed by atoms with Crippen LogP contribution in [-0.2, 0) is 24.6 Å². The number of carbonyl (C=O) groups is 1. The number of primary sulfonamides is 1. The molecule has 0 aromatic carbocycles.